The summed E-state index contributed by atoms with van der Waals surface area (Å²) in [6, 6.07) is 12.1. The van der Waals surface area contributed by atoms with Crippen LogP contribution in [-0.2, 0) is 15.8 Å². The Labute approximate surface area is 223 Å². The van der Waals surface area contributed by atoms with Gasteiger partial charge in [-0.3, -0.25) is 19.3 Å². The van der Waals surface area contributed by atoms with Gasteiger partial charge in [-0.05, 0) is 60.1 Å². The maximum absolute atomic E-state index is 13.7. The molecule has 2 bridgehead atoms. The van der Waals surface area contributed by atoms with E-state index in [0.717, 1.165) is 32.5 Å². The number of amides is 2. The number of anilines is 1. The van der Waals surface area contributed by atoms with Crippen LogP contribution in [0.25, 0.3) is 0 Å². The van der Waals surface area contributed by atoms with Crippen molar-refractivity contribution in [3.05, 3.63) is 74.2 Å². The molecule has 2 aromatic carbocycles. The molecule has 0 radical (unpaired) electrons. The normalized spacial score (nSPS) is 31.4. The molecule has 3 heterocycles. The standard InChI is InChI=1S/C27H21F3N2O4S2/c1-36-14-7-5-11(6-8-14)17-18-15-10-16(21(18)37-23-22(17)38-26(35)31-23)20-19(15)24(33)32(25(20)34)13-4-2-3-12(9-13)27(28,29)30/h2-9,15-21H,10H2,1H3,(H,31,35)/t15-,16-,17+,18+,19+,20+,21-/m1/s1. The maximum Gasteiger partial charge on any atom is 0.416 e. The van der Waals surface area contributed by atoms with Crippen molar-refractivity contribution >= 4 is 40.6 Å². The van der Waals surface area contributed by atoms with Crippen LogP contribution in [-0.4, -0.2) is 29.2 Å². The number of carbonyl (C=O) groups excluding carboxylic acids is 2. The van der Waals surface area contributed by atoms with E-state index in [1.165, 1.54) is 23.5 Å². The first-order valence-corrected chi connectivity index (χ1v) is 14.0. The molecule has 11 heteroatoms. The lowest BCUT2D eigenvalue weighted by Gasteiger charge is -2.43. The molecule has 3 fully saturated rings. The highest BCUT2D eigenvalue weighted by molar-refractivity contribution is 8.00. The summed E-state index contributed by atoms with van der Waals surface area (Å²) in [4.78, 5) is 44.5. The Morgan fingerprint density at radius 1 is 1.00 bits per heavy atom. The lowest BCUT2D eigenvalue weighted by molar-refractivity contribution is -0.137. The van der Waals surface area contributed by atoms with Crippen LogP contribution in [0.3, 0.4) is 0 Å². The molecule has 2 saturated carbocycles. The number of nitrogens with one attached hydrogen (secondary N) is 1. The first kappa shape index (κ1) is 24.0. The molecule has 0 spiro atoms. The van der Waals surface area contributed by atoms with Gasteiger partial charge in [-0.15, -0.1) is 11.8 Å². The van der Waals surface area contributed by atoms with Gasteiger partial charge >= 0.3 is 11.0 Å². The second-order valence-corrected chi connectivity index (χ2v) is 12.5. The van der Waals surface area contributed by atoms with Crippen molar-refractivity contribution < 1.29 is 27.5 Å². The molecule has 3 aromatic rings. The lowest BCUT2D eigenvalue weighted by atomic mass is 9.68. The number of rotatable bonds is 3. The fourth-order valence-corrected chi connectivity index (χ4v) is 10.2. The molecule has 7 rings (SSSR count). The van der Waals surface area contributed by atoms with Crippen LogP contribution in [0, 0.1) is 29.6 Å². The average Bonchev–Trinajstić information content (AvgIpc) is 3.62. The van der Waals surface area contributed by atoms with Crippen molar-refractivity contribution in [1.82, 2.24) is 4.98 Å². The fraction of sp³-hybridized carbons (Fsp3) is 0.370. The number of thiazole rings is 1. The second kappa shape index (κ2) is 8.22. The van der Waals surface area contributed by atoms with Gasteiger partial charge < -0.3 is 9.72 Å². The van der Waals surface area contributed by atoms with E-state index >= 15 is 0 Å². The van der Waals surface area contributed by atoms with Crippen LogP contribution in [0.4, 0.5) is 18.9 Å². The van der Waals surface area contributed by atoms with E-state index < -0.39 is 35.4 Å². The third kappa shape index (κ3) is 3.30. The van der Waals surface area contributed by atoms with Crippen molar-refractivity contribution in [2.45, 2.75) is 28.8 Å². The minimum atomic E-state index is -4.58. The third-order valence-electron chi connectivity index (χ3n) is 8.63. The van der Waals surface area contributed by atoms with E-state index in [2.05, 4.69) is 4.98 Å². The van der Waals surface area contributed by atoms with Gasteiger partial charge in [0.05, 0.1) is 35.2 Å². The van der Waals surface area contributed by atoms with Gasteiger partial charge in [0, 0.05) is 16.0 Å². The molecule has 6 nitrogen and oxygen atoms in total. The minimum absolute atomic E-state index is 0.00399. The monoisotopic (exact) mass is 558 g/mol. The van der Waals surface area contributed by atoms with Gasteiger partial charge in [0.2, 0.25) is 11.8 Å². The van der Waals surface area contributed by atoms with Gasteiger partial charge in [-0.2, -0.15) is 13.2 Å². The largest absolute Gasteiger partial charge is 0.497 e. The van der Waals surface area contributed by atoms with Crippen molar-refractivity contribution in [3.63, 3.8) is 0 Å². The van der Waals surface area contributed by atoms with Crippen LogP contribution in [0.5, 0.6) is 5.75 Å². The molecule has 2 aliphatic carbocycles. The molecule has 0 unspecified atom stereocenters. The summed E-state index contributed by atoms with van der Waals surface area (Å²) in [6.07, 6.45) is -3.88. The molecule has 1 saturated heterocycles. The summed E-state index contributed by atoms with van der Waals surface area (Å²) >= 11 is 2.75. The van der Waals surface area contributed by atoms with Crippen molar-refractivity contribution in [2.24, 2.45) is 29.6 Å². The smallest absolute Gasteiger partial charge is 0.416 e. The zero-order valence-electron chi connectivity index (χ0n) is 19.9. The fourth-order valence-electron chi connectivity index (χ4n) is 7.28. The number of carbonyl (C=O) groups is 2. The Kier molecular flexibility index (Phi) is 5.20. The SMILES string of the molecule is COc1ccc([C@@H]2c3sc(=O)[nH]c3S[C@@H]3[C@@H]4C[C@@H]([C@@H]5C(=O)N(c6cccc(C(F)(F)F)c6)C(=O)[C@@H]45)[C@@H]23)cc1. The first-order valence-electron chi connectivity index (χ1n) is 12.3. The molecular weight excluding hydrogens is 537 g/mol. The number of alkyl halides is 3. The van der Waals surface area contributed by atoms with Crippen LogP contribution < -0.4 is 14.5 Å². The predicted octanol–water partition coefficient (Wildman–Crippen LogP) is 5.14. The van der Waals surface area contributed by atoms with E-state index in [0.29, 0.717) is 12.2 Å². The number of aromatic amines is 1. The van der Waals surface area contributed by atoms with Crippen LogP contribution in [0.15, 0.2) is 58.4 Å². The zero-order chi connectivity index (χ0) is 26.5. The highest BCUT2D eigenvalue weighted by Gasteiger charge is 2.69. The quantitative estimate of drug-likeness (QED) is 0.451. The number of aromatic nitrogens is 1. The van der Waals surface area contributed by atoms with Crippen molar-refractivity contribution in [2.75, 3.05) is 12.0 Å². The molecule has 2 aliphatic heterocycles. The predicted molar refractivity (Wildman–Crippen MR) is 135 cm³/mol. The highest BCUT2D eigenvalue weighted by Crippen LogP contribution is 2.68. The zero-order valence-corrected chi connectivity index (χ0v) is 21.5. The lowest BCUT2D eigenvalue weighted by Crippen LogP contribution is -2.42. The molecular formula is C27H21F3N2O4S2. The Hall–Kier alpha value is -3.05. The van der Waals surface area contributed by atoms with Gasteiger partial charge in [0.25, 0.3) is 0 Å². The van der Waals surface area contributed by atoms with Gasteiger partial charge in [-0.25, -0.2) is 0 Å². The third-order valence-corrected chi connectivity index (χ3v) is 11.2. The number of benzene rings is 2. The number of fused-ring (bicyclic) bond motifs is 9. The minimum Gasteiger partial charge on any atom is -0.497 e. The summed E-state index contributed by atoms with van der Waals surface area (Å²) in [5, 5.41) is 0.807. The maximum atomic E-state index is 13.7. The summed E-state index contributed by atoms with van der Waals surface area (Å²) in [7, 11) is 1.59. The van der Waals surface area contributed by atoms with E-state index in [9.17, 15) is 27.6 Å². The number of hydrogen-bond donors (Lipinski definition) is 1. The average molecular weight is 559 g/mol. The number of hydrogen-bond acceptors (Lipinski definition) is 6. The molecule has 1 N–H and O–H groups in total. The number of H-pyrrole nitrogens is 1. The van der Waals surface area contributed by atoms with Crippen LogP contribution in [0.2, 0.25) is 0 Å². The number of thioether (sulfide) groups is 1. The molecule has 38 heavy (non-hydrogen) atoms. The molecule has 4 aliphatic rings. The molecule has 7 atom stereocenters. The summed E-state index contributed by atoms with van der Waals surface area (Å²) in [6.45, 7) is 0. The van der Waals surface area contributed by atoms with E-state index in [-0.39, 0.29) is 39.5 Å². The Balaban J connectivity index is 1.29. The number of halogens is 3. The number of nitrogens with zero attached hydrogens (tertiary/aromatic N) is 1. The van der Waals surface area contributed by atoms with Crippen molar-refractivity contribution in [3.8, 4) is 5.75 Å². The molecule has 1 aromatic heterocycles. The van der Waals surface area contributed by atoms with Gasteiger partial charge in [-0.1, -0.05) is 29.5 Å². The van der Waals surface area contributed by atoms with Crippen LogP contribution >= 0.6 is 23.1 Å². The number of imide groups is 1. The molecule has 2 amide bonds. The van der Waals surface area contributed by atoms with Crippen molar-refractivity contribution in [1.29, 1.82) is 0 Å². The Morgan fingerprint density at radius 2 is 1.71 bits per heavy atom. The first-order chi connectivity index (χ1) is 18.2. The second-order valence-electron chi connectivity index (χ2n) is 10.3. The Bertz CT molecular complexity index is 1530. The van der Waals surface area contributed by atoms with Crippen LogP contribution in [0.1, 0.15) is 28.3 Å². The summed E-state index contributed by atoms with van der Waals surface area (Å²) < 4.78 is 45.4. The van der Waals surface area contributed by atoms with Gasteiger partial charge in [0.1, 0.15) is 5.75 Å². The topological polar surface area (TPSA) is 79.5 Å². The van der Waals surface area contributed by atoms with E-state index in [4.69, 9.17) is 4.74 Å². The summed E-state index contributed by atoms with van der Waals surface area (Å²) in [5.74, 6) is -1.63. The van der Waals surface area contributed by atoms with Gasteiger partial charge in [0.15, 0.2) is 0 Å². The number of ether oxygens (including phenoxy) is 1. The Morgan fingerprint density at radius 3 is 2.39 bits per heavy atom. The molecule has 196 valence electrons. The van der Waals surface area contributed by atoms with E-state index in [1.807, 2.05) is 24.3 Å². The van der Waals surface area contributed by atoms with E-state index in [1.54, 1.807) is 18.9 Å². The summed E-state index contributed by atoms with van der Waals surface area (Å²) in [5.41, 5.74) is 0.0791. The highest BCUT2D eigenvalue weighted by atomic mass is 32.2. The number of methoxy groups -OCH3 is 1.